The summed E-state index contributed by atoms with van der Waals surface area (Å²) in [7, 11) is 2.35. The van der Waals surface area contributed by atoms with E-state index in [0.29, 0.717) is 0 Å². The summed E-state index contributed by atoms with van der Waals surface area (Å²) in [4.78, 5) is 2.65. The second kappa shape index (κ2) is 4.45. The molecule has 1 heteroatoms. The molecule has 0 amide bonds. The summed E-state index contributed by atoms with van der Waals surface area (Å²) < 4.78 is 0. The topological polar surface area (TPSA) is 3.24 Å². The molecule has 1 saturated carbocycles. The molecule has 1 aliphatic carbocycles. The Balaban J connectivity index is 2.02. The van der Waals surface area contributed by atoms with Crippen molar-refractivity contribution in [3.63, 3.8) is 0 Å². The van der Waals surface area contributed by atoms with Crippen LogP contribution in [0.2, 0.25) is 0 Å². The molecule has 1 nitrogen and oxygen atoms in total. The van der Waals surface area contributed by atoms with Crippen LogP contribution in [-0.4, -0.2) is 24.5 Å². The van der Waals surface area contributed by atoms with Crippen LogP contribution in [0.25, 0.3) is 0 Å². The van der Waals surface area contributed by atoms with Crippen LogP contribution in [0.3, 0.4) is 0 Å². The van der Waals surface area contributed by atoms with Crippen LogP contribution >= 0.6 is 0 Å². The molecule has 1 heterocycles. The van der Waals surface area contributed by atoms with E-state index in [2.05, 4.69) is 25.8 Å². The first kappa shape index (κ1) is 11.4. The molecule has 88 valence electrons. The molecule has 0 radical (unpaired) electrons. The molecular formula is C14H27N. The highest BCUT2D eigenvalue weighted by molar-refractivity contribution is 4.99. The van der Waals surface area contributed by atoms with Gasteiger partial charge in [-0.2, -0.15) is 0 Å². The maximum absolute atomic E-state index is 2.65. The first-order chi connectivity index (χ1) is 7.14. The lowest BCUT2D eigenvalue weighted by molar-refractivity contribution is 0.0443. The molecule has 1 saturated heterocycles. The highest BCUT2D eigenvalue weighted by Crippen LogP contribution is 2.50. The predicted molar refractivity (Wildman–Crippen MR) is 66.0 cm³/mol. The fourth-order valence-electron chi connectivity index (χ4n) is 3.93. The standard InChI is InChI=1S/C14H27N/c1-12(2)7-10-14-8-4-6-13(14)15(3)11-5-9-14/h12-13H,4-11H2,1-3H3. The van der Waals surface area contributed by atoms with Crippen LogP contribution in [0.15, 0.2) is 0 Å². The van der Waals surface area contributed by atoms with E-state index in [1.54, 1.807) is 0 Å². The largest absolute Gasteiger partial charge is 0.303 e. The molecule has 0 aromatic rings. The van der Waals surface area contributed by atoms with Gasteiger partial charge < -0.3 is 4.90 Å². The average Bonchev–Trinajstić information content (AvgIpc) is 2.61. The minimum Gasteiger partial charge on any atom is -0.303 e. The minimum atomic E-state index is 0.720. The molecule has 2 atom stereocenters. The summed E-state index contributed by atoms with van der Waals surface area (Å²) in [6.07, 6.45) is 10.3. The van der Waals surface area contributed by atoms with E-state index in [1.807, 2.05) is 0 Å². The number of fused-ring (bicyclic) bond motifs is 1. The molecule has 0 spiro atoms. The van der Waals surface area contributed by atoms with E-state index < -0.39 is 0 Å². The minimum absolute atomic E-state index is 0.720. The Kier molecular flexibility index (Phi) is 3.39. The van der Waals surface area contributed by atoms with E-state index in [4.69, 9.17) is 0 Å². The maximum atomic E-state index is 2.65. The fraction of sp³-hybridized carbons (Fsp3) is 1.00. The van der Waals surface area contributed by atoms with Crippen LogP contribution in [0.1, 0.15) is 58.8 Å². The van der Waals surface area contributed by atoms with E-state index in [1.165, 1.54) is 51.5 Å². The molecule has 0 N–H and O–H groups in total. The Hall–Kier alpha value is -0.0400. The predicted octanol–water partition coefficient (Wildman–Crippen LogP) is 3.69. The summed E-state index contributed by atoms with van der Waals surface area (Å²) in [6.45, 7) is 6.08. The number of likely N-dealkylation sites (tertiary alicyclic amines) is 1. The Morgan fingerprint density at radius 1 is 1.27 bits per heavy atom. The molecule has 1 aliphatic heterocycles. The first-order valence-electron chi connectivity index (χ1n) is 6.84. The van der Waals surface area contributed by atoms with Gasteiger partial charge in [0.2, 0.25) is 0 Å². The highest BCUT2D eigenvalue weighted by Gasteiger charge is 2.45. The molecule has 2 rings (SSSR count). The average molecular weight is 209 g/mol. The van der Waals surface area contributed by atoms with Crippen LogP contribution in [-0.2, 0) is 0 Å². The first-order valence-corrected chi connectivity index (χ1v) is 6.84. The van der Waals surface area contributed by atoms with E-state index in [-0.39, 0.29) is 0 Å². The number of nitrogens with zero attached hydrogens (tertiary/aromatic N) is 1. The zero-order valence-corrected chi connectivity index (χ0v) is 10.8. The fourth-order valence-corrected chi connectivity index (χ4v) is 3.93. The monoisotopic (exact) mass is 209 g/mol. The molecule has 2 fully saturated rings. The molecule has 0 aromatic carbocycles. The zero-order chi connectivity index (χ0) is 10.9. The molecule has 0 aromatic heterocycles. The lowest BCUT2D eigenvalue weighted by Crippen LogP contribution is -2.47. The quantitative estimate of drug-likeness (QED) is 0.685. The third-order valence-electron chi connectivity index (χ3n) is 4.80. The van der Waals surface area contributed by atoms with Gasteiger partial charge in [-0.25, -0.2) is 0 Å². The number of hydrogen-bond donors (Lipinski definition) is 0. The van der Waals surface area contributed by atoms with Crippen molar-refractivity contribution in [2.75, 3.05) is 13.6 Å². The SMILES string of the molecule is CC(C)CCC12CCCC1N(C)CCC2. The third-order valence-corrected chi connectivity index (χ3v) is 4.80. The van der Waals surface area contributed by atoms with Gasteiger partial charge in [-0.1, -0.05) is 26.7 Å². The summed E-state index contributed by atoms with van der Waals surface area (Å²) >= 11 is 0. The van der Waals surface area contributed by atoms with Gasteiger partial charge in [0, 0.05) is 6.04 Å². The van der Waals surface area contributed by atoms with E-state index in [9.17, 15) is 0 Å². The summed E-state index contributed by atoms with van der Waals surface area (Å²) in [6, 6.07) is 0.921. The van der Waals surface area contributed by atoms with Crippen LogP contribution in [0, 0.1) is 11.3 Å². The Bertz CT molecular complexity index is 211. The number of piperidine rings is 1. The molecule has 15 heavy (non-hydrogen) atoms. The van der Waals surface area contributed by atoms with Crippen molar-refractivity contribution in [2.45, 2.75) is 64.8 Å². The summed E-state index contributed by atoms with van der Waals surface area (Å²) in [5.41, 5.74) is 0.720. The van der Waals surface area contributed by atoms with Crippen molar-refractivity contribution in [2.24, 2.45) is 11.3 Å². The third kappa shape index (κ3) is 2.22. The van der Waals surface area contributed by atoms with Crippen LogP contribution in [0.5, 0.6) is 0 Å². The summed E-state index contributed by atoms with van der Waals surface area (Å²) in [5, 5.41) is 0. The molecule has 0 bridgehead atoms. The lowest BCUT2D eigenvalue weighted by Gasteiger charge is -2.45. The zero-order valence-electron chi connectivity index (χ0n) is 10.8. The molecule has 2 unspecified atom stereocenters. The second-order valence-corrected chi connectivity index (χ2v) is 6.29. The van der Waals surface area contributed by atoms with Crippen molar-refractivity contribution >= 4 is 0 Å². The van der Waals surface area contributed by atoms with Crippen molar-refractivity contribution in [1.82, 2.24) is 4.90 Å². The van der Waals surface area contributed by atoms with Gasteiger partial charge in [-0.3, -0.25) is 0 Å². The van der Waals surface area contributed by atoms with Gasteiger partial charge in [0.25, 0.3) is 0 Å². The maximum Gasteiger partial charge on any atom is 0.0149 e. The van der Waals surface area contributed by atoms with Crippen molar-refractivity contribution in [3.05, 3.63) is 0 Å². The Labute approximate surface area is 95.2 Å². The lowest BCUT2D eigenvalue weighted by atomic mass is 9.71. The number of hydrogen-bond acceptors (Lipinski definition) is 1. The van der Waals surface area contributed by atoms with Gasteiger partial charge >= 0.3 is 0 Å². The van der Waals surface area contributed by atoms with Gasteiger partial charge in [0.1, 0.15) is 0 Å². The van der Waals surface area contributed by atoms with Gasteiger partial charge in [-0.15, -0.1) is 0 Å². The van der Waals surface area contributed by atoms with Gasteiger partial charge in [0.05, 0.1) is 0 Å². The Morgan fingerprint density at radius 2 is 2.00 bits per heavy atom. The van der Waals surface area contributed by atoms with E-state index >= 15 is 0 Å². The van der Waals surface area contributed by atoms with Crippen molar-refractivity contribution < 1.29 is 0 Å². The second-order valence-electron chi connectivity index (χ2n) is 6.29. The van der Waals surface area contributed by atoms with Crippen molar-refractivity contribution in [1.29, 1.82) is 0 Å². The van der Waals surface area contributed by atoms with Crippen molar-refractivity contribution in [3.8, 4) is 0 Å². The Morgan fingerprint density at radius 3 is 2.73 bits per heavy atom. The highest BCUT2D eigenvalue weighted by atomic mass is 15.2. The normalized spacial score (nSPS) is 37.2. The van der Waals surface area contributed by atoms with Gasteiger partial charge in [0.15, 0.2) is 0 Å². The van der Waals surface area contributed by atoms with E-state index in [0.717, 1.165) is 17.4 Å². The summed E-state index contributed by atoms with van der Waals surface area (Å²) in [5.74, 6) is 0.882. The van der Waals surface area contributed by atoms with Crippen LogP contribution in [0.4, 0.5) is 0 Å². The molecule has 2 aliphatic rings. The van der Waals surface area contributed by atoms with Gasteiger partial charge in [-0.05, 0) is 57.0 Å². The molecular weight excluding hydrogens is 182 g/mol. The smallest absolute Gasteiger partial charge is 0.0149 e. The van der Waals surface area contributed by atoms with Crippen LogP contribution < -0.4 is 0 Å². The number of rotatable bonds is 3.